The van der Waals surface area contributed by atoms with Crippen LogP contribution >= 0.6 is 11.6 Å². The fraction of sp³-hybridized carbons (Fsp3) is 0.400. The lowest BCUT2D eigenvalue weighted by molar-refractivity contribution is 0.0640. The van der Waals surface area contributed by atoms with Crippen molar-refractivity contribution in [2.75, 3.05) is 13.6 Å². The predicted octanol–water partition coefficient (Wildman–Crippen LogP) is 1.76. The monoisotopic (exact) mass is 320 g/mol. The van der Waals surface area contributed by atoms with Crippen LogP contribution in [0.1, 0.15) is 23.3 Å². The third-order valence-corrected chi connectivity index (χ3v) is 4.11. The molecule has 1 fully saturated rings. The van der Waals surface area contributed by atoms with Crippen LogP contribution in [0.5, 0.6) is 0 Å². The third-order valence-electron chi connectivity index (χ3n) is 3.79. The van der Waals surface area contributed by atoms with Crippen molar-refractivity contribution >= 4 is 17.5 Å². The van der Waals surface area contributed by atoms with Crippen LogP contribution in [0.4, 0.5) is 0 Å². The summed E-state index contributed by atoms with van der Waals surface area (Å²) in [4.78, 5) is 13.8. The number of hydrogen-bond acceptors (Lipinski definition) is 4. The van der Waals surface area contributed by atoms with Gasteiger partial charge in [0.15, 0.2) is 5.69 Å². The summed E-state index contributed by atoms with van der Waals surface area (Å²) in [5, 5.41) is 18.3. The molecule has 0 radical (unpaired) electrons. The lowest BCUT2D eigenvalue weighted by atomic mass is 10.2. The Balaban J connectivity index is 1.72. The summed E-state index contributed by atoms with van der Waals surface area (Å²) >= 11 is 6.10. The molecule has 1 aromatic carbocycles. The molecular formula is C15H17ClN4O2. The molecule has 1 atom stereocenters. The van der Waals surface area contributed by atoms with Gasteiger partial charge in [-0.05, 0) is 30.9 Å². The van der Waals surface area contributed by atoms with Crippen LogP contribution in [0.15, 0.2) is 30.5 Å². The summed E-state index contributed by atoms with van der Waals surface area (Å²) in [6, 6.07) is 7.20. The van der Waals surface area contributed by atoms with E-state index in [1.807, 2.05) is 12.1 Å². The number of halogens is 1. The molecule has 1 aromatic heterocycles. The van der Waals surface area contributed by atoms with E-state index in [1.165, 1.54) is 9.58 Å². The molecule has 0 saturated heterocycles. The number of para-hydroxylation sites is 1. The van der Waals surface area contributed by atoms with Gasteiger partial charge in [0, 0.05) is 13.6 Å². The standard InChI is InChI=1S/C15H17ClN4O2/c1-19(9-14(21)10-6-7-10)15(22)12-8-20(18-17-12)13-5-3-2-4-11(13)16/h2-5,8,10,14,21H,6-7,9H2,1H3. The summed E-state index contributed by atoms with van der Waals surface area (Å²) in [6.07, 6.45) is 3.15. The minimum atomic E-state index is -0.465. The first-order valence-corrected chi connectivity index (χ1v) is 7.55. The Morgan fingerprint density at radius 2 is 2.23 bits per heavy atom. The van der Waals surface area contributed by atoms with E-state index in [2.05, 4.69) is 10.3 Å². The fourth-order valence-electron chi connectivity index (χ4n) is 2.31. The lowest BCUT2D eigenvalue weighted by Crippen LogP contribution is -2.35. The van der Waals surface area contributed by atoms with E-state index < -0.39 is 6.10 Å². The van der Waals surface area contributed by atoms with Crippen molar-refractivity contribution in [2.45, 2.75) is 18.9 Å². The van der Waals surface area contributed by atoms with Crippen molar-refractivity contribution in [3.63, 3.8) is 0 Å². The van der Waals surface area contributed by atoms with Crippen molar-refractivity contribution in [3.8, 4) is 5.69 Å². The first kappa shape index (κ1) is 15.0. The Bertz CT molecular complexity index is 684. The van der Waals surface area contributed by atoms with Crippen molar-refractivity contribution in [1.82, 2.24) is 19.9 Å². The van der Waals surface area contributed by atoms with Gasteiger partial charge in [0.05, 0.1) is 23.0 Å². The van der Waals surface area contributed by atoms with Crippen LogP contribution in [0.3, 0.4) is 0 Å². The van der Waals surface area contributed by atoms with Gasteiger partial charge >= 0.3 is 0 Å². The molecule has 22 heavy (non-hydrogen) atoms. The summed E-state index contributed by atoms with van der Waals surface area (Å²) in [5.74, 6) is 0.0621. The van der Waals surface area contributed by atoms with Crippen molar-refractivity contribution in [1.29, 1.82) is 0 Å². The van der Waals surface area contributed by atoms with Crippen LogP contribution in [-0.4, -0.2) is 50.6 Å². The zero-order valence-corrected chi connectivity index (χ0v) is 12.9. The molecule has 1 unspecified atom stereocenters. The molecule has 1 amide bonds. The fourth-order valence-corrected chi connectivity index (χ4v) is 2.53. The second-order valence-corrected chi connectivity index (χ2v) is 6.00. The van der Waals surface area contributed by atoms with Crippen molar-refractivity contribution in [2.24, 2.45) is 5.92 Å². The molecule has 1 saturated carbocycles. The lowest BCUT2D eigenvalue weighted by Gasteiger charge is -2.19. The Labute approximate surface area is 133 Å². The summed E-state index contributed by atoms with van der Waals surface area (Å²) in [6.45, 7) is 0.308. The average Bonchev–Trinajstić information content (AvgIpc) is 3.25. The highest BCUT2D eigenvalue weighted by Crippen LogP contribution is 2.32. The number of aliphatic hydroxyl groups excluding tert-OH is 1. The maximum atomic E-state index is 12.3. The highest BCUT2D eigenvalue weighted by atomic mass is 35.5. The minimum Gasteiger partial charge on any atom is -0.391 e. The molecule has 0 bridgehead atoms. The summed E-state index contributed by atoms with van der Waals surface area (Å²) in [7, 11) is 1.66. The van der Waals surface area contributed by atoms with Crippen LogP contribution in [0.25, 0.3) is 5.69 Å². The normalized spacial score (nSPS) is 15.6. The quantitative estimate of drug-likeness (QED) is 0.911. The number of aliphatic hydroxyl groups is 1. The number of carbonyl (C=O) groups excluding carboxylic acids is 1. The molecule has 6 nitrogen and oxygen atoms in total. The van der Waals surface area contributed by atoms with Crippen LogP contribution in [-0.2, 0) is 0 Å². The molecule has 116 valence electrons. The Kier molecular flexibility index (Phi) is 4.13. The molecule has 1 N–H and O–H groups in total. The molecule has 1 aliphatic carbocycles. The largest absolute Gasteiger partial charge is 0.391 e. The molecule has 0 spiro atoms. The number of benzene rings is 1. The molecule has 2 aromatic rings. The van der Waals surface area contributed by atoms with E-state index in [1.54, 1.807) is 25.4 Å². The highest BCUT2D eigenvalue weighted by molar-refractivity contribution is 6.32. The molecule has 0 aliphatic heterocycles. The van der Waals surface area contributed by atoms with E-state index in [4.69, 9.17) is 11.6 Å². The SMILES string of the molecule is CN(CC(O)C1CC1)C(=O)c1cn(-c2ccccc2Cl)nn1. The summed E-state index contributed by atoms with van der Waals surface area (Å²) in [5.41, 5.74) is 0.891. The molecule has 1 aliphatic rings. The highest BCUT2D eigenvalue weighted by Gasteiger charge is 2.31. The van der Waals surface area contributed by atoms with Crippen molar-refractivity contribution < 1.29 is 9.90 Å². The average molecular weight is 321 g/mol. The van der Waals surface area contributed by atoms with Gasteiger partial charge in [-0.2, -0.15) is 0 Å². The van der Waals surface area contributed by atoms with Crippen LogP contribution < -0.4 is 0 Å². The van der Waals surface area contributed by atoms with Gasteiger partial charge in [-0.3, -0.25) is 4.79 Å². The molecular weight excluding hydrogens is 304 g/mol. The zero-order chi connectivity index (χ0) is 15.7. The van der Waals surface area contributed by atoms with Gasteiger partial charge < -0.3 is 10.0 Å². The van der Waals surface area contributed by atoms with Gasteiger partial charge in [0.25, 0.3) is 5.91 Å². The van der Waals surface area contributed by atoms with Crippen LogP contribution in [0, 0.1) is 5.92 Å². The number of rotatable bonds is 5. The zero-order valence-electron chi connectivity index (χ0n) is 12.2. The number of amides is 1. The Morgan fingerprint density at radius 3 is 2.91 bits per heavy atom. The Hall–Kier alpha value is -1.92. The van der Waals surface area contributed by atoms with E-state index >= 15 is 0 Å². The second-order valence-electron chi connectivity index (χ2n) is 5.59. The van der Waals surface area contributed by atoms with Gasteiger partial charge in [-0.15, -0.1) is 5.10 Å². The Morgan fingerprint density at radius 1 is 1.50 bits per heavy atom. The predicted molar refractivity (Wildman–Crippen MR) is 82.1 cm³/mol. The van der Waals surface area contributed by atoms with Gasteiger partial charge in [0.2, 0.25) is 0 Å². The second kappa shape index (κ2) is 6.06. The number of likely N-dealkylation sites (N-methyl/N-ethyl adjacent to an activating group) is 1. The molecule has 7 heteroatoms. The maximum absolute atomic E-state index is 12.3. The first-order chi connectivity index (χ1) is 10.6. The molecule has 3 rings (SSSR count). The van der Waals surface area contributed by atoms with Gasteiger partial charge in [-0.1, -0.05) is 28.9 Å². The topological polar surface area (TPSA) is 71.2 Å². The maximum Gasteiger partial charge on any atom is 0.275 e. The number of aromatic nitrogens is 3. The van der Waals surface area contributed by atoms with Gasteiger partial charge in [0.1, 0.15) is 0 Å². The van der Waals surface area contributed by atoms with Crippen LogP contribution in [0.2, 0.25) is 5.02 Å². The van der Waals surface area contributed by atoms with E-state index in [-0.39, 0.29) is 11.6 Å². The number of hydrogen-bond donors (Lipinski definition) is 1. The van der Waals surface area contributed by atoms with E-state index in [0.717, 1.165) is 12.8 Å². The van der Waals surface area contributed by atoms with Gasteiger partial charge in [-0.25, -0.2) is 4.68 Å². The van der Waals surface area contributed by atoms with E-state index in [9.17, 15) is 9.90 Å². The van der Waals surface area contributed by atoms with Crippen molar-refractivity contribution in [3.05, 3.63) is 41.2 Å². The summed E-state index contributed by atoms with van der Waals surface area (Å²) < 4.78 is 1.47. The third kappa shape index (κ3) is 3.13. The number of nitrogens with zero attached hydrogens (tertiary/aromatic N) is 4. The smallest absolute Gasteiger partial charge is 0.275 e. The molecule has 1 heterocycles. The minimum absolute atomic E-state index is 0.227. The number of carbonyl (C=O) groups is 1. The first-order valence-electron chi connectivity index (χ1n) is 7.17. The van der Waals surface area contributed by atoms with E-state index in [0.29, 0.717) is 23.2 Å².